The zero-order valence-electron chi connectivity index (χ0n) is 8.02. The first-order valence-electron chi connectivity index (χ1n) is 4.25. The van der Waals surface area contributed by atoms with E-state index in [1.54, 1.807) is 0 Å². The first-order chi connectivity index (χ1) is 7.04. The molecular formula is C10H9BrF2O2. The Bertz CT molecular complexity index is 380. The van der Waals surface area contributed by atoms with E-state index in [0.717, 1.165) is 6.07 Å². The Balaban J connectivity index is 2.77. The molecule has 0 radical (unpaired) electrons. The molecule has 1 rings (SSSR count). The van der Waals surface area contributed by atoms with Crippen LogP contribution in [0.1, 0.15) is 12.0 Å². The van der Waals surface area contributed by atoms with Gasteiger partial charge in [0.05, 0.1) is 11.6 Å². The van der Waals surface area contributed by atoms with Crippen LogP contribution in [0.15, 0.2) is 16.6 Å². The van der Waals surface area contributed by atoms with Gasteiger partial charge < -0.3 is 4.74 Å². The summed E-state index contributed by atoms with van der Waals surface area (Å²) in [7, 11) is 1.26. The Kier molecular flexibility index (Phi) is 4.20. The van der Waals surface area contributed by atoms with Gasteiger partial charge in [0.2, 0.25) is 0 Å². The summed E-state index contributed by atoms with van der Waals surface area (Å²) in [5.41, 5.74) is 0.286. The van der Waals surface area contributed by atoms with Gasteiger partial charge in [-0.1, -0.05) is 0 Å². The summed E-state index contributed by atoms with van der Waals surface area (Å²) in [6.45, 7) is 0. The topological polar surface area (TPSA) is 26.3 Å². The maximum atomic E-state index is 13.2. The number of aryl methyl sites for hydroxylation is 1. The van der Waals surface area contributed by atoms with Gasteiger partial charge in [0.1, 0.15) is 11.6 Å². The van der Waals surface area contributed by atoms with Crippen LogP contribution in [0, 0.1) is 11.6 Å². The third-order valence-electron chi connectivity index (χ3n) is 1.92. The molecular weight excluding hydrogens is 270 g/mol. The molecule has 0 saturated carbocycles. The van der Waals surface area contributed by atoms with Crippen LogP contribution in [-0.2, 0) is 16.0 Å². The number of hydrogen-bond donors (Lipinski definition) is 0. The quantitative estimate of drug-likeness (QED) is 0.628. The van der Waals surface area contributed by atoms with E-state index in [-0.39, 0.29) is 22.9 Å². The molecule has 5 heteroatoms. The van der Waals surface area contributed by atoms with Crippen molar-refractivity contribution in [3.8, 4) is 0 Å². The van der Waals surface area contributed by atoms with Crippen molar-refractivity contribution in [3.05, 3.63) is 33.8 Å². The third kappa shape index (κ3) is 3.27. The molecule has 0 N–H and O–H groups in total. The van der Waals surface area contributed by atoms with Gasteiger partial charge >= 0.3 is 5.97 Å². The highest BCUT2D eigenvalue weighted by molar-refractivity contribution is 9.10. The van der Waals surface area contributed by atoms with Crippen molar-refractivity contribution in [2.45, 2.75) is 12.8 Å². The number of carbonyl (C=O) groups is 1. The van der Waals surface area contributed by atoms with Crippen LogP contribution < -0.4 is 0 Å². The minimum atomic E-state index is -0.658. The van der Waals surface area contributed by atoms with Crippen LogP contribution in [0.3, 0.4) is 0 Å². The second kappa shape index (κ2) is 5.21. The van der Waals surface area contributed by atoms with E-state index in [1.165, 1.54) is 13.2 Å². The molecule has 0 aromatic heterocycles. The molecule has 0 atom stereocenters. The van der Waals surface area contributed by atoms with Gasteiger partial charge in [0.25, 0.3) is 0 Å². The number of ether oxygens (including phenoxy) is 1. The first kappa shape index (κ1) is 12.1. The normalized spacial score (nSPS) is 10.1. The van der Waals surface area contributed by atoms with Crippen LogP contribution in [0.2, 0.25) is 0 Å². The summed E-state index contributed by atoms with van der Waals surface area (Å²) in [4.78, 5) is 10.8. The third-order valence-corrected chi connectivity index (χ3v) is 2.52. The number of benzene rings is 1. The zero-order chi connectivity index (χ0) is 11.4. The van der Waals surface area contributed by atoms with Crippen LogP contribution >= 0.6 is 15.9 Å². The molecule has 15 heavy (non-hydrogen) atoms. The van der Waals surface area contributed by atoms with Crippen molar-refractivity contribution in [3.63, 3.8) is 0 Å². The summed E-state index contributed by atoms with van der Waals surface area (Å²) in [5, 5.41) is 0. The molecule has 0 spiro atoms. The summed E-state index contributed by atoms with van der Waals surface area (Å²) in [5.74, 6) is -1.73. The van der Waals surface area contributed by atoms with Gasteiger partial charge in [-0.2, -0.15) is 0 Å². The lowest BCUT2D eigenvalue weighted by Crippen LogP contribution is -2.03. The molecule has 0 saturated heterocycles. The van der Waals surface area contributed by atoms with Crippen molar-refractivity contribution < 1.29 is 18.3 Å². The molecule has 1 aromatic rings. The molecule has 1 aromatic carbocycles. The molecule has 2 nitrogen and oxygen atoms in total. The molecule has 0 aliphatic heterocycles. The molecule has 0 amide bonds. The summed E-state index contributed by atoms with van der Waals surface area (Å²) < 4.78 is 30.6. The fourth-order valence-corrected chi connectivity index (χ4v) is 1.48. The molecule has 0 unspecified atom stereocenters. The second-order valence-electron chi connectivity index (χ2n) is 2.93. The fraction of sp³-hybridized carbons (Fsp3) is 0.300. The average Bonchev–Trinajstić information content (AvgIpc) is 2.21. The number of methoxy groups -OCH3 is 1. The average molecular weight is 279 g/mol. The first-order valence-corrected chi connectivity index (χ1v) is 5.04. The summed E-state index contributed by atoms with van der Waals surface area (Å²) in [6, 6.07) is 2.12. The highest BCUT2D eigenvalue weighted by Crippen LogP contribution is 2.21. The van der Waals surface area contributed by atoms with Crippen LogP contribution in [-0.4, -0.2) is 13.1 Å². The maximum Gasteiger partial charge on any atom is 0.305 e. The highest BCUT2D eigenvalue weighted by Gasteiger charge is 2.10. The number of rotatable bonds is 3. The van der Waals surface area contributed by atoms with Gasteiger partial charge in [-0.25, -0.2) is 8.78 Å². The summed E-state index contributed by atoms with van der Waals surface area (Å²) in [6.07, 6.45) is 0.267. The van der Waals surface area contributed by atoms with Gasteiger partial charge in [-0.05, 0) is 34.0 Å². The number of halogens is 3. The second-order valence-corrected chi connectivity index (χ2v) is 3.79. The number of carbonyl (C=O) groups excluding carboxylic acids is 1. The fourth-order valence-electron chi connectivity index (χ4n) is 1.09. The Labute approximate surface area is 94.4 Å². The van der Waals surface area contributed by atoms with Crippen molar-refractivity contribution in [1.82, 2.24) is 0 Å². The zero-order valence-corrected chi connectivity index (χ0v) is 9.61. The highest BCUT2D eigenvalue weighted by atomic mass is 79.9. The predicted octanol–water partition coefficient (Wildman–Crippen LogP) is 2.83. The van der Waals surface area contributed by atoms with E-state index >= 15 is 0 Å². The molecule has 82 valence electrons. The molecule has 0 fully saturated rings. The van der Waals surface area contributed by atoms with Gasteiger partial charge in [-0.15, -0.1) is 0 Å². The molecule has 0 aliphatic rings. The number of hydrogen-bond acceptors (Lipinski definition) is 2. The largest absolute Gasteiger partial charge is 0.469 e. The Hall–Kier alpha value is -0.970. The standard InChI is InChI=1S/C10H9BrF2O2/c1-15-10(14)3-2-6-4-7(11)9(13)5-8(6)12/h4-5H,2-3H2,1H3. The van der Waals surface area contributed by atoms with Crippen LogP contribution in [0.25, 0.3) is 0 Å². The van der Waals surface area contributed by atoms with Gasteiger partial charge in [-0.3, -0.25) is 4.79 Å². The Morgan fingerprint density at radius 1 is 1.40 bits per heavy atom. The van der Waals surface area contributed by atoms with E-state index in [4.69, 9.17) is 0 Å². The minimum Gasteiger partial charge on any atom is -0.469 e. The molecule has 0 heterocycles. The van der Waals surface area contributed by atoms with Gasteiger partial charge in [0, 0.05) is 12.5 Å². The van der Waals surface area contributed by atoms with Crippen LogP contribution in [0.5, 0.6) is 0 Å². The monoisotopic (exact) mass is 278 g/mol. The SMILES string of the molecule is COC(=O)CCc1cc(Br)c(F)cc1F. The molecule has 0 bridgehead atoms. The van der Waals surface area contributed by atoms with Crippen molar-refractivity contribution in [2.24, 2.45) is 0 Å². The predicted molar refractivity (Wildman–Crippen MR) is 54.4 cm³/mol. The van der Waals surface area contributed by atoms with E-state index in [9.17, 15) is 13.6 Å². The minimum absolute atomic E-state index is 0.0749. The lowest BCUT2D eigenvalue weighted by atomic mass is 10.1. The van der Waals surface area contributed by atoms with Crippen molar-refractivity contribution in [2.75, 3.05) is 7.11 Å². The Morgan fingerprint density at radius 2 is 2.07 bits per heavy atom. The lowest BCUT2D eigenvalue weighted by Gasteiger charge is -2.04. The van der Waals surface area contributed by atoms with E-state index < -0.39 is 17.6 Å². The van der Waals surface area contributed by atoms with Crippen LogP contribution in [0.4, 0.5) is 8.78 Å². The molecule has 0 aliphatic carbocycles. The van der Waals surface area contributed by atoms with E-state index in [0.29, 0.717) is 0 Å². The van der Waals surface area contributed by atoms with E-state index in [2.05, 4.69) is 20.7 Å². The Morgan fingerprint density at radius 3 is 2.67 bits per heavy atom. The lowest BCUT2D eigenvalue weighted by molar-refractivity contribution is -0.140. The maximum absolute atomic E-state index is 13.2. The smallest absolute Gasteiger partial charge is 0.305 e. The van der Waals surface area contributed by atoms with Crippen molar-refractivity contribution in [1.29, 1.82) is 0 Å². The summed E-state index contributed by atoms with van der Waals surface area (Å²) >= 11 is 2.95. The van der Waals surface area contributed by atoms with Gasteiger partial charge in [0.15, 0.2) is 0 Å². The van der Waals surface area contributed by atoms with E-state index in [1.807, 2.05) is 0 Å². The van der Waals surface area contributed by atoms with Crippen molar-refractivity contribution >= 4 is 21.9 Å². The number of esters is 1.